The molecule has 5 rings (SSSR count). The highest BCUT2D eigenvalue weighted by atomic mass is 32.1. The Balaban J connectivity index is 1.96. The van der Waals surface area contributed by atoms with Crippen LogP contribution >= 0.6 is 11.3 Å². The van der Waals surface area contributed by atoms with Crippen LogP contribution in [0.3, 0.4) is 0 Å². The van der Waals surface area contributed by atoms with Crippen molar-refractivity contribution >= 4 is 49.0 Å². The first-order valence-corrected chi connectivity index (χ1v) is 27.7. The molecule has 0 N–H and O–H groups in total. The van der Waals surface area contributed by atoms with Crippen LogP contribution in [0.1, 0.15) is 182 Å². The molecule has 0 fully saturated rings. The van der Waals surface area contributed by atoms with Gasteiger partial charge in [-0.3, -0.25) is 0 Å². The third kappa shape index (κ3) is 7.99. The SMILES string of the molecule is CCCCCCc1csc2c1C(CCCCC)c1ccc3c(C#C[Si](C(C)C)(C(C)C)C(C)C)c4ccccc4c(C#C[Si](C(C)C)(C(C)C)C(C)C)c3c1-2. The smallest absolute Gasteiger partial charge is 0.143 e. The van der Waals surface area contributed by atoms with Crippen molar-refractivity contribution < 1.29 is 0 Å². The lowest BCUT2D eigenvalue weighted by Crippen LogP contribution is -2.43. The summed E-state index contributed by atoms with van der Waals surface area (Å²) in [6.07, 6.45) is 11.5. The van der Waals surface area contributed by atoms with Gasteiger partial charge in [-0.15, -0.1) is 22.4 Å². The molecule has 1 aliphatic rings. The van der Waals surface area contributed by atoms with Gasteiger partial charge in [0.25, 0.3) is 0 Å². The van der Waals surface area contributed by atoms with Crippen LogP contribution in [0.25, 0.3) is 32.0 Å². The molecule has 0 radical (unpaired) electrons. The third-order valence-corrected chi connectivity index (χ3v) is 27.7. The molecule has 1 atom stereocenters. The van der Waals surface area contributed by atoms with Gasteiger partial charge in [-0.05, 0) is 90.7 Å². The molecule has 1 aliphatic carbocycles. The van der Waals surface area contributed by atoms with Crippen LogP contribution < -0.4 is 0 Å². The summed E-state index contributed by atoms with van der Waals surface area (Å²) in [7, 11) is -3.99. The molecule has 3 heteroatoms. The number of rotatable bonds is 15. The van der Waals surface area contributed by atoms with Crippen LogP contribution in [-0.2, 0) is 6.42 Å². The van der Waals surface area contributed by atoms with Gasteiger partial charge >= 0.3 is 0 Å². The largest absolute Gasteiger partial charge is 0.146 e. The Morgan fingerprint density at radius 2 is 1.09 bits per heavy atom. The Kier molecular flexibility index (Phi) is 14.5. The fourth-order valence-electron chi connectivity index (χ4n) is 11.3. The average Bonchev–Trinajstić information content (AvgIpc) is 3.68. The second-order valence-electron chi connectivity index (χ2n) is 18.9. The summed E-state index contributed by atoms with van der Waals surface area (Å²) in [5, 5.41) is 7.81. The second kappa shape index (κ2) is 18.4. The first kappa shape index (κ1) is 43.6. The third-order valence-electron chi connectivity index (χ3n) is 14.0. The summed E-state index contributed by atoms with van der Waals surface area (Å²) in [5.41, 5.74) is 20.7. The molecule has 0 bridgehead atoms. The van der Waals surface area contributed by atoms with E-state index < -0.39 is 16.1 Å². The molecular formula is C52H74SSi2. The number of fused-ring (bicyclic) bond motifs is 6. The van der Waals surface area contributed by atoms with E-state index in [9.17, 15) is 0 Å². The van der Waals surface area contributed by atoms with Gasteiger partial charge in [-0.2, -0.15) is 0 Å². The van der Waals surface area contributed by atoms with Crippen molar-refractivity contribution in [3.05, 3.63) is 69.6 Å². The standard InChI is InChI=1S/C52H74SSi2/c1-15-17-19-21-24-41-34-53-52-49(41)45(27-20-18-16-2)47-29-28-46-44(30-32-54(35(3)4,36(5)6)37(7)8)42-25-22-23-26-43(42)48(50(46)51(47)52)31-33-55(38(9)10,39(11)12)40(13)14/h22-23,25-26,28-29,34-40,45H,15-21,24,27H2,1-14H3. The van der Waals surface area contributed by atoms with Gasteiger partial charge in [0, 0.05) is 32.9 Å². The zero-order valence-corrected chi connectivity index (χ0v) is 40.2. The molecule has 3 aromatic carbocycles. The molecule has 1 heterocycles. The number of hydrogen-bond acceptors (Lipinski definition) is 1. The van der Waals surface area contributed by atoms with E-state index in [0.29, 0.717) is 39.2 Å². The highest BCUT2D eigenvalue weighted by Gasteiger charge is 2.43. The highest BCUT2D eigenvalue weighted by molar-refractivity contribution is 7.14. The Bertz CT molecular complexity index is 2020. The molecule has 0 aliphatic heterocycles. The van der Waals surface area contributed by atoms with Gasteiger partial charge < -0.3 is 0 Å². The summed E-state index contributed by atoms with van der Waals surface area (Å²) >= 11 is 2.02. The Labute approximate surface area is 344 Å². The van der Waals surface area contributed by atoms with Gasteiger partial charge in [-0.1, -0.05) is 184 Å². The summed E-state index contributed by atoms with van der Waals surface area (Å²) in [4.78, 5) is 1.53. The van der Waals surface area contributed by atoms with Gasteiger partial charge in [-0.25, -0.2) is 0 Å². The van der Waals surface area contributed by atoms with E-state index in [4.69, 9.17) is 0 Å². The predicted molar refractivity (Wildman–Crippen MR) is 254 cm³/mol. The minimum atomic E-state index is -2.01. The minimum absolute atomic E-state index is 0.466. The van der Waals surface area contributed by atoms with Crippen LogP contribution in [0.5, 0.6) is 0 Å². The van der Waals surface area contributed by atoms with Crippen molar-refractivity contribution in [1.29, 1.82) is 0 Å². The van der Waals surface area contributed by atoms with E-state index >= 15 is 0 Å². The highest BCUT2D eigenvalue weighted by Crippen LogP contribution is 2.56. The molecule has 0 spiro atoms. The number of thiophene rings is 1. The molecule has 1 unspecified atom stereocenters. The van der Waals surface area contributed by atoms with Crippen LogP contribution in [0, 0.1) is 22.9 Å². The Morgan fingerprint density at radius 3 is 1.62 bits per heavy atom. The van der Waals surface area contributed by atoms with E-state index in [1.165, 1.54) is 101 Å². The molecule has 4 aromatic rings. The fourth-order valence-corrected chi connectivity index (χ4v) is 22.9. The van der Waals surface area contributed by atoms with Crippen molar-refractivity contribution in [3.63, 3.8) is 0 Å². The maximum atomic E-state index is 4.23. The summed E-state index contributed by atoms with van der Waals surface area (Å²) in [6.45, 7) is 34.0. The Morgan fingerprint density at radius 1 is 0.582 bits per heavy atom. The Hall–Kier alpha value is -2.57. The molecular weight excluding hydrogens is 713 g/mol. The van der Waals surface area contributed by atoms with E-state index in [2.05, 4.69) is 162 Å². The predicted octanol–water partition coefficient (Wildman–Crippen LogP) is 17.0. The van der Waals surface area contributed by atoms with Crippen LogP contribution in [0.4, 0.5) is 0 Å². The lowest BCUT2D eigenvalue weighted by molar-refractivity contribution is 0.618. The van der Waals surface area contributed by atoms with Crippen molar-refractivity contribution in [2.45, 2.75) is 194 Å². The number of benzene rings is 3. The minimum Gasteiger partial charge on any atom is -0.143 e. The summed E-state index contributed by atoms with van der Waals surface area (Å²) in [5.74, 6) is 8.65. The zero-order valence-electron chi connectivity index (χ0n) is 37.4. The normalized spacial score (nSPS) is 14.4. The molecule has 0 nitrogen and oxygen atoms in total. The molecule has 0 saturated carbocycles. The number of unbranched alkanes of at least 4 members (excludes halogenated alkanes) is 5. The van der Waals surface area contributed by atoms with Gasteiger partial charge in [0.15, 0.2) is 0 Å². The summed E-state index contributed by atoms with van der Waals surface area (Å²) < 4.78 is 0. The van der Waals surface area contributed by atoms with Gasteiger partial charge in [0.2, 0.25) is 0 Å². The first-order valence-electron chi connectivity index (χ1n) is 22.4. The van der Waals surface area contributed by atoms with Crippen molar-refractivity contribution in [2.75, 3.05) is 0 Å². The van der Waals surface area contributed by atoms with Crippen molar-refractivity contribution in [1.82, 2.24) is 0 Å². The quantitative estimate of drug-likeness (QED) is 0.0487. The molecule has 55 heavy (non-hydrogen) atoms. The number of aryl methyl sites for hydroxylation is 1. The summed E-state index contributed by atoms with van der Waals surface area (Å²) in [6, 6.07) is 14.2. The number of hydrogen-bond donors (Lipinski definition) is 0. The maximum Gasteiger partial charge on any atom is 0.146 e. The van der Waals surface area contributed by atoms with Crippen LogP contribution in [0.2, 0.25) is 33.2 Å². The van der Waals surface area contributed by atoms with Gasteiger partial charge in [0.1, 0.15) is 16.1 Å². The lowest BCUT2D eigenvalue weighted by Gasteiger charge is -2.38. The van der Waals surface area contributed by atoms with Crippen molar-refractivity contribution in [2.24, 2.45) is 0 Å². The van der Waals surface area contributed by atoms with E-state index in [1.54, 1.807) is 16.7 Å². The molecule has 296 valence electrons. The first-order chi connectivity index (χ1) is 26.2. The topological polar surface area (TPSA) is 0 Å². The van der Waals surface area contributed by atoms with Crippen molar-refractivity contribution in [3.8, 4) is 33.4 Å². The lowest BCUT2D eigenvalue weighted by atomic mass is 9.85. The molecule has 1 aromatic heterocycles. The zero-order chi connectivity index (χ0) is 40.2. The fraction of sp³-hybridized carbons (Fsp3) is 0.577. The van der Waals surface area contributed by atoms with Crippen LogP contribution in [-0.4, -0.2) is 16.1 Å². The maximum absolute atomic E-state index is 4.23. The van der Waals surface area contributed by atoms with E-state index in [-0.39, 0.29) is 0 Å². The molecule has 0 amide bonds. The van der Waals surface area contributed by atoms with Crippen LogP contribution in [0.15, 0.2) is 41.8 Å². The second-order valence-corrected chi connectivity index (χ2v) is 30.9. The monoisotopic (exact) mass is 787 g/mol. The van der Waals surface area contributed by atoms with Gasteiger partial charge in [0.05, 0.1) is 0 Å². The van der Waals surface area contributed by atoms with E-state index in [1.807, 2.05) is 11.3 Å². The average molecular weight is 787 g/mol. The molecule has 0 saturated heterocycles. The van der Waals surface area contributed by atoms with E-state index in [0.717, 1.165) is 0 Å².